The van der Waals surface area contributed by atoms with Crippen LogP contribution >= 0.6 is 0 Å². The maximum absolute atomic E-state index is 12.7. The summed E-state index contributed by atoms with van der Waals surface area (Å²) in [7, 11) is 0. The highest BCUT2D eigenvalue weighted by Gasteiger charge is 2.30. The Labute approximate surface area is 161 Å². The molecule has 0 unspecified atom stereocenters. The Bertz CT molecular complexity index is 974. The van der Waals surface area contributed by atoms with Crippen molar-refractivity contribution in [2.75, 3.05) is 6.61 Å². The standard InChI is InChI=1S/C22H18F3NO2/c1-14-20(11-12-27-19-10-7-15-3-2-4-17(15)13-19)26-21(28-14)16-5-8-18(9-6-16)22(23,24)25/h5-10,13H,2,4,11-12H2,1H3. The van der Waals surface area contributed by atoms with Gasteiger partial charge in [-0.3, -0.25) is 0 Å². The Hall–Kier alpha value is -2.76. The third-order valence-electron chi connectivity index (χ3n) is 4.75. The van der Waals surface area contributed by atoms with Crippen LogP contribution in [0.2, 0.25) is 0 Å². The summed E-state index contributed by atoms with van der Waals surface area (Å²) in [5.74, 6) is 1.76. The fourth-order valence-electron chi connectivity index (χ4n) is 3.22. The normalized spacial score (nSPS) is 13.6. The van der Waals surface area contributed by atoms with Gasteiger partial charge in [-0.2, -0.15) is 13.2 Å². The van der Waals surface area contributed by atoms with Gasteiger partial charge in [-0.1, -0.05) is 6.07 Å². The van der Waals surface area contributed by atoms with Crippen LogP contribution in [0.3, 0.4) is 0 Å². The van der Waals surface area contributed by atoms with Crippen molar-refractivity contribution in [1.82, 2.24) is 4.98 Å². The van der Waals surface area contributed by atoms with Crippen molar-refractivity contribution in [3.8, 4) is 17.2 Å². The molecule has 0 bridgehead atoms. The van der Waals surface area contributed by atoms with Gasteiger partial charge in [0.2, 0.25) is 5.89 Å². The molecule has 0 atom stereocenters. The number of hydrogen-bond acceptors (Lipinski definition) is 3. The number of aryl methyl sites for hydroxylation is 2. The van der Waals surface area contributed by atoms with Crippen LogP contribution < -0.4 is 4.74 Å². The minimum atomic E-state index is -4.36. The number of alkyl halides is 3. The molecule has 28 heavy (non-hydrogen) atoms. The summed E-state index contributed by atoms with van der Waals surface area (Å²) in [5, 5.41) is 0. The molecule has 3 aromatic rings. The van der Waals surface area contributed by atoms with E-state index >= 15 is 0 Å². The molecule has 2 aromatic carbocycles. The van der Waals surface area contributed by atoms with E-state index in [1.807, 2.05) is 18.2 Å². The molecule has 0 saturated carbocycles. The minimum Gasteiger partial charge on any atom is -0.493 e. The molecule has 144 valence electrons. The van der Waals surface area contributed by atoms with Crippen LogP contribution in [0.15, 0.2) is 46.9 Å². The Morgan fingerprint density at radius 1 is 1.14 bits per heavy atom. The lowest BCUT2D eigenvalue weighted by atomic mass is 10.1. The molecule has 0 aliphatic heterocycles. The van der Waals surface area contributed by atoms with Gasteiger partial charge >= 0.3 is 6.18 Å². The number of halogens is 3. The number of benzene rings is 2. The van der Waals surface area contributed by atoms with Gasteiger partial charge in [0.15, 0.2) is 0 Å². The zero-order chi connectivity index (χ0) is 19.7. The lowest BCUT2D eigenvalue weighted by Crippen LogP contribution is -2.04. The number of nitrogens with zero attached hydrogens (tertiary/aromatic N) is 1. The fourth-order valence-corrected chi connectivity index (χ4v) is 3.22. The van der Waals surface area contributed by atoms with E-state index in [4.69, 9.17) is 9.15 Å². The molecule has 0 spiro atoms. The monoisotopic (exact) mass is 385 g/mol. The van der Waals surface area contributed by atoms with E-state index in [1.165, 1.54) is 17.7 Å². The molecule has 0 amide bonds. The summed E-state index contributed by atoms with van der Waals surface area (Å²) in [6.45, 7) is 2.23. The van der Waals surface area contributed by atoms with Gasteiger partial charge in [-0.05, 0) is 67.3 Å². The van der Waals surface area contributed by atoms with Crippen molar-refractivity contribution in [3.63, 3.8) is 0 Å². The average Bonchev–Trinajstić information content (AvgIpc) is 3.27. The Morgan fingerprint density at radius 3 is 2.68 bits per heavy atom. The molecular weight excluding hydrogens is 367 g/mol. The van der Waals surface area contributed by atoms with E-state index < -0.39 is 11.7 Å². The first kappa shape index (κ1) is 18.6. The summed E-state index contributed by atoms with van der Waals surface area (Å²) in [6.07, 6.45) is 1.43. The van der Waals surface area contributed by atoms with Crippen molar-refractivity contribution in [2.24, 2.45) is 0 Å². The molecule has 4 rings (SSSR count). The van der Waals surface area contributed by atoms with Crippen molar-refractivity contribution >= 4 is 0 Å². The predicted octanol–water partition coefficient (Wildman–Crippen LogP) is 5.67. The topological polar surface area (TPSA) is 35.3 Å². The number of oxazole rings is 1. The van der Waals surface area contributed by atoms with E-state index in [-0.39, 0.29) is 0 Å². The number of hydrogen-bond donors (Lipinski definition) is 0. The van der Waals surface area contributed by atoms with Crippen LogP contribution in [-0.4, -0.2) is 11.6 Å². The maximum Gasteiger partial charge on any atom is 0.416 e. The number of ether oxygens (including phenoxy) is 1. The fraction of sp³-hybridized carbons (Fsp3) is 0.273. The maximum atomic E-state index is 12.7. The minimum absolute atomic E-state index is 0.310. The highest BCUT2D eigenvalue weighted by Crippen LogP contribution is 2.31. The van der Waals surface area contributed by atoms with Crippen molar-refractivity contribution in [1.29, 1.82) is 0 Å². The molecule has 2 radical (unpaired) electrons. The van der Waals surface area contributed by atoms with E-state index in [1.54, 1.807) is 6.92 Å². The van der Waals surface area contributed by atoms with Gasteiger partial charge in [0.25, 0.3) is 0 Å². The van der Waals surface area contributed by atoms with Gasteiger partial charge in [0, 0.05) is 18.4 Å². The Kier molecular flexibility index (Phi) is 4.87. The van der Waals surface area contributed by atoms with Crippen LogP contribution in [0.5, 0.6) is 5.75 Å². The number of rotatable bonds is 5. The molecule has 6 heteroatoms. The van der Waals surface area contributed by atoms with Crippen LogP contribution in [0.1, 0.15) is 34.6 Å². The number of fused-ring (bicyclic) bond motifs is 1. The van der Waals surface area contributed by atoms with Crippen LogP contribution in [-0.2, 0) is 19.0 Å². The molecule has 1 aliphatic rings. The second-order valence-corrected chi connectivity index (χ2v) is 6.69. The first-order chi connectivity index (χ1) is 13.4. The molecule has 0 N–H and O–H groups in total. The molecule has 1 heterocycles. The van der Waals surface area contributed by atoms with Crippen LogP contribution in [0.4, 0.5) is 13.2 Å². The summed E-state index contributed by atoms with van der Waals surface area (Å²) in [6, 6.07) is 10.8. The highest BCUT2D eigenvalue weighted by atomic mass is 19.4. The third kappa shape index (κ3) is 3.91. The van der Waals surface area contributed by atoms with E-state index in [2.05, 4.69) is 11.4 Å². The van der Waals surface area contributed by atoms with Gasteiger partial charge in [0.1, 0.15) is 11.5 Å². The predicted molar refractivity (Wildman–Crippen MR) is 98.0 cm³/mol. The largest absolute Gasteiger partial charge is 0.493 e. The molecular formula is C22H18F3NO2. The Morgan fingerprint density at radius 2 is 1.93 bits per heavy atom. The first-order valence-electron chi connectivity index (χ1n) is 9.04. The zero-order valence-corrected chi connectivity index (χ0v) is 15.3. The van der Waals surface area contributed by atoms with E-state index in [9.17, 15) is 13.2 Å². The molecule has 1 aliphatic carbocycles. The SMILES string of the molecule is Cc1oc(-c2ccc(C(F)(F)F)cc2)nc1CCOc1ccc2c(c1)CC[C]2. The van der Waals surface area contributed by atoms with Crippen LogP contribution in [0, 0.1) is 13.3 Å². The Balaban J connectivity index is 1.40. The lowest BCUT2D eigenvalue weighted by molar-refractivity contribution is -0.137. The van der Waals surface area contributed by atoms with Gasteiger partial charge in [-0.15, -0.1) is 0 Å². The summed E-state index contributed by atoms with van der Waals surface area (Å²) < 4.78 is 49.5. The zero-order valence-electron chi connectivity index (χ0n) is 15.3. The van der Waals surface area contributed by atoms with Gasteiger partial charge < -0.3 is 9.15 Å². The van der Waals surface area contributed by atoms with Crippen molar-refractivity contribution < 1.29 is 22.3 Å². The van der Waals surface area contributed by atoms with Crippen LogP contribution in [0.25, 0.3) is 11.5 Å². The number of aromatic nitrogens is 1. The van der Waals surface area contributed by atoms with Gasteiger partial charge in [-0.25, -0.2) is 4.98 Å². The smallest absolute Gasteiger partial charge is 0.416 e. The highest BCUT2D eigenvalue weighted by molar-refractivity contribution is 5.54. The van der Waals surface area contributed by atoms with E-state index in [0.717, 1.165) is 42.0 Å². The molecule has 3 nitrogen and oxygen atoms in total. The summed E-state index contributed by atoms with van der Waals surface area (Å²) in [4.78, 5) is 4.42. The van der Waals surface area contributed by atoms with Crippen molar-refractivity contribution in [2.45, 2.75) is 32.4 Å². The average molecular weight is 385 g/mol. The van der Waals surface area contributed by atoms with Crippen molar-refractivity contribution in [3.05, 3.63) is 77.0 Å². The third-order valence-corrected chi connectivity index (χ3v) is 4.75. The van der Waals surface area contributed by atoms with Gasteiger partial charge in [0.05, 0.1) is 17.9 Å². The van der Waals surface area contributed by atoms with E-state index in [0.29, 0.717) is 30.2 Å². The summed E-state index contributed by atoms with van der Waals surface area (Å²) >= 11 is 0. The molecule has 0 fully saturated rings. The summed E-state index contributed by atoms with van der Waals surface area (Å²) in [5.41, 5.74) is 2.95. The lowest BCUT2D eigenvalue weighted by Gasteiger charge is -2.07. The quantitative estimate of drug-likeness (QED) is 0.568. The second-order valence-electron chi connectivity index (χ2n) is 6.69. The first-order valence-corrected chi connectivity index (χ1v) is 9.04. The molecule has 0 saturated heterocycles. The second kappa shape index (κ2) is 7.34. The molecule has 1 aromatic heterocycles.